The lowest BCUT2D eigenvalue weighted by molar-refractivity contribution is 0.366. The van der Waals surface area contributed by atoms with Crippen molar-refractivity contribution >= 4 is 0 Å². The van der Waals surface area contributed by atoms with E-state index in [1.165, 1.54) is 0 Å². The molecule has 0 saturated carbocycles. The van der Waals surface area contributed by atoms with Gasteiger partial charge in [0.2, 0.25) is 17.6 Å². The molecule has 0 radical (unpaired) electrons. The van der Waals surface area contributed by atoms with Crippen molar-refractivity contribution in [1.29, 1.82) is 0 Å². The third-order valence-corrected chi connectivity index (χ3v) is 5.53. The normalized spacial score (nSPS) is 10.6. The Bertz CT molecular complexity index is 1240. The number of aromatic nitrogens is 4. The van der Waals surface area contributed by atoms with Crippen molar-refractivity contribution in [3.05, 3.63) is 78.4 Å². The van der Waals surface area contributed by atoms with Crippen LogP contribution < -0.4 is 14.2 Å². The van der Waals surface area contributed by atoms with Gasteiger partial charge in [-0.05, 0) is 42.2 Å². The molecular weight excluding hydrogens is 452 g/mol. The monoisotopic (exact) mass is 486 g/mol. The van der Waals surface area contributed by atoms with Gasteiger partial charge in [-0.2, -0.15) is 4.98 Å². The molecule has 0 unspecified atom stereocenters. The van der Waals surface area contributed by atoms with Crippen molar-refractivity contribution < 1.29 is 14.2 Å². The van der Waals surface area contributed by atoms with Gasteiger partial charge in [0.25, 0.3) is 0 Å². The molecule has 0 N–H and O–H groups in total. The summed E-state index contributed by atoms with van der Waals surface area (Å²) in [4.78, 5) is 17.5. The van der Waals surface area contributed by atoms with Crippen LogP contribution in [0.25, 0.3) is 22.4 Å². The number of rotatable bonds is 7. The fraction of sp³-hybridized carbons (Fsp3) is 0.310. The molecule has 7 nitrogen and oxygen atoms in total. The summed E-state index contributed by atoms with van der Waals surface area (Å²) in [6.07, 6.45) is 3.63. The molecule has 0 spiro atoms. The summed E-state index contributed by atoms with van der Waals surface area (Å²) in [7, 11) is 4.79. The van der Waals surface area contributed by atoms with Crippen LogP contribution in [0.1, 0.15) is 50.9 Å². The highest BCUT2D eigenvalue weighted by atomic mass is 16.5. The van der Waals surface area contributed by atoms with Crippen LogP contribution >= 0.6 is 0 Å². The van der Waals surface area contributed by atoms with Crippen molar-refractivity contribution in [2.24, 2.45) is 0 Å². The van der Waals surface area contributed by atoms with Gasteiger partial charge < -0.3 is 14.2 Å². The van der Waals surface area contributed by atoms with Gasteiger partial charge in [-0.25, -0.2) is 4.98 Å². The van der Waals surface area contributed by atoms with Gasteiger partial charge >= 0.3 is 0 Å². The predicted molar refractivity (Wildman–Crippen MR) is 143 cm³/mol. The average molecular weight is 487 g/mol. The molecule has 0 aliphatic rings. The van der Waals surface area contributed by atoms with E-state index in [0.717, 1.165) is 33.8 Å². The van der Waals surface area contributed by atoms with Crippen molar-refractivity contribution in [2.45, 2.75) is 39.5 Å². The first kappa shape index (κ1) is 26.6. The Hall–Kier alpha value is -4.00. The molecule has 0 bridgehead atoms. The maximum atomic E-state index is 5.30. The van der Waals surface area contributed by atoms with Gasteiger partial charge in [0.15, 0.2) is 0 Å². The summed E-state index contributed by atoms with van der Waals surface area (Å²) >= 11 is 0. The van der Waals surface area contributed by atoms with E-state index < -0.39 is 0 Å². The van der Waals surface area contributed by atoms with Crippen LogP contribution in [0.3, 0.4) is 0 Å². The van der Waals surface area contributed by atoms with Crippen molar-refractivity contribution in [3.8, 4) is 40.0 Å². The van der Waals surface area contributed by atoms with Crippen LogP contribution in [-0.2, 0) is 0 Å². The zero-order valence-corrected chi connectivity index (χ0v) is 22.0. The van der Waals surface area contributed by atoms with Gasteiger partial charge in [-0.1, -0.05) is 39.8 Å². The van der Waals surface area contributed by atoms with Gasteiger partial charge in [0, 0.05) is 52.6 Å². The Kier molecular flexibility index (Phi) is 9.33. The minimum atomic E-state index is 0.421. The smallest absolute Gasteiger partial charge is 0.224 e. The van der Waals surface area contributed by atoms with E-state index in [0.29, 0.717) is 29.5 Å². The quantitative estimate of drug-likeness (QED) is 0.293. The summed E-state index contributed by atoms with van der Waals surface area (Å²) in [5.74, 6) is 2.55. The molecule has 0 aliphatic heterocycles. The van der Waals surface area contributed by atoms with E-state index >= 15 is 0 Å². The van der Waals surface area contributed by atoms with E-state index in [1.54, 1.807) is 27.5 Å². The molecule has 4 aromatic rings. The van der Waals surface area contributed by atoms with Crippen molar-refractivity contribution in [2.75, 3.05) is 21.3 Å². The van der Waals surface area contributed by atoms with E-state index in [1.807, 2.05) is 60.8 Å². The second-order valence-electron chi connectivity index (χ2n) is 8.73. The topological polar surface area (TPSA) is 79.2 Å². The largest absolute Gasteiger partial charge is 0.481 e. The standard InChI is InChI=1S/C15H18N2O2.C14H16N2O/c1-10(2)13-7-5-11(9-16-13)12-6-8-14(18-3)17-15(12)19-4;1-10(2)12-5-4-6-13(16-12)11-7-8-14(17-3)15-9-11/h5-10H,1-4H3;4-10H,1-3H3. The Morgan fingerprint density at radius 1 is 0.583 bits per heavy atom. The number of ether oxygens (including phenoxy) is 3. The molecule has 0 amide bonds. The minimum Gasteiger partial charge on any atom is -0.481 e. The second kappa shape index (κ2) is 12.6. The van der Waals surface area contributed by atoms with Crippen LogP contribution in [0.2, 0.25) is 0 Å². The summed E-state index contributed by atoms with van der Waals surface area (Å²) in [6.45, 7) is 8.52. The van der Waals surface area contributed by atoms with Crippen molar-refractivity contribution in [3.63, 3.8) is 0 Å². The molecule has 0 aliphatic carbocycles. The van der Waals surface area contributed by atoms with Crippen LogP contribution in [0, 0.1) is 0 Å². The maximum Gasteiger partial charge on any atom is 0.224 e. The fourth-order valence-corrected chi connectivity index (χ4v) is 3.40. The molecule has 7 heteroatoms. The highest BCUT2D eigenvalue weighted by Crippen LogP contribution is 2.30. The van der Waals surface area contributed by atoms with Crippen molar-refractivity contribution in [1.82, 2.24) is 19.9 Å². The zero-order valence-electron chi connectivity index (χ0n) is 22.0. The number of hydrogen-bond donors (Lipinski definition) is 0. The highest BCUT2D eigenvalue weighted by Gasteiger charge is 2.10. The predicted octanol–water partition coefficient (Wildman–Crippen LogP) is 6.56. The third-order valence-electron chi connectivity index (χ3n) is 5.53. The summed E-state index contributed by atoms with van der Waals surface area (Å²) in [5, 5.41) is 0. The summed E-state index contributed by atoms with van der Waals surface area (Å²) < 4.78 is 15.4. The first-order chi connectivity index (χ1) is 17.4. The minimum absolute atomic E-state index is 0.421. The molecule has 4 rings (SSSR count). The van der Waals surface area contributed by atoms with E-state index in [-0.39, 0.29) is 0 Å². The van der Waals surface area contributed by atoms with Gasteiger partial charge in [0.05, 0.1) is 27.0 Å². The molecule has 4 aromatic heterocycles. The fourth-order valence-electron chi connectivity index (χ4n) is 3.40. The molecule has 0 fully saturated rings. The lowest BCUT2D eigenvalue weighted by Crippen LogP contribution is -1.96. The third kappa shape index (κ3) is 6.78. The molecular formula is C29H34N4O3. The number of hydrogen-bond acceptors (Lipinski definition) is 7. The molecule has 0 aromatic carbocycles. The number of methoxy groups -OCH3 is 3. The lowest BCUT2D eigenvalue weighted by Gasteiger charge is -2.10. The zero-order chi connectivity index (χ0) is 26.1. The average Bonchev–Trinajstić information content (AvgIpc) is 2.93. The first-order valence-electron chi connectivity index (χ1n) is 11.9. The van der Waals surface area contributed by atoms with Crippen LogP contribution in [0.15, 0.2) is 67.0 Å². The molecule has 4 heterocycles. The molecule has 0 saturated heterocycles. The number of nitrogens with zero attached hydrogens (tertiary/aromatic N) is 4. The van der Waals surface area contributed by atoms with Gasteiger partial charge in [0.1, 0.15) is 0 Å². The van der Waals surface area contributed by atoms with E-state index in [4.69, 9.17) is 14.2 Å². The van der Waals surface area contributed by atoms with E-state index in [9.17, 15) is 0 Å². The van der Waals surface area contributed by atoms with Crippen LogP contribution in [0.4, 0.5) is 0 Å². The van der Waals surface area contributed by atoms with Crippen LogP contribution in [-0.4, -0.2) is 41.3 Å². The van der Waals surface area contributed by atoms with Gasteiger partial charge in [-0.3, -0.25) is 9.97 Å². The Balaban J connectivity index is 0.000000202. The summed E-state index contributed by atoms with van der Waals surface area (Å²) in [5.41, 5.74) is 6.02. The number of pyridine rings is 4. The Morgan fingerprint density at radius 2 is 1.25 bits per heavy atom. The van der Waals surface area contributed by atoms with E-state index in [2.05, 4.69) is 47.6 Å². The second-order valence-corrected chi connectivity index (χ2v) is 8.73. The first-order valence-corrected chi connectivity index (χ1v) is 11.9. The molecule has 0 atom stereocenters. The Morgan fingerprint density at radius 3 is 1.81 bits per heavy atom. The maximum absolute atomic E-state index is 5.30. The SMILES string of the molecule is COc1ccc(-c2ccc(C(C)C)nc2)c(OC)n1.COc1ccc(-c2cccc(C(C)C)n2)cn1. The molecule has 188 valence electrons. The Labute approximate surface area is 213 Å². The van der Waals surface area contributed by atoms with Gasteiger partial charge in [-0.15, -0.1) is 0 Å². The highest BCUT2D eigenvalue weighted by molar-refractivity contribution is 5.68. The van der Waals surface area contributed by atoms with Crippen LogP contribution in [0.5, 0.6) is 17.6 Å². The lowest BCUT2D eigenvalue weighted by atomic mass is 10.1. The summed E-state index contributed by atoms with van der Waals surface area (Å²) in [6, 6.07) is 17.7. The molecule has 36 heavy (non-hydrogen) atoms.